The first kappa shape index (κ1) is 19.4. The van der Waals surface area contributed by atoms with E-state index in [0.29, 0.717) is 12.5 Å². The Kier molecular flexibility index (Phi) is 9.30. The fraction of sp³-hybridized carbons (Fsp3) is 0.375. The van der Waals surface area contributed by atoms with Gasteiger partial charge < -0.3 is 20.8 Å². The van der Waals surface area contributed by atoms with Crippen molar-refractivity contribution in [3.63, 3.8) is 0 Å². The number of benzene rings is 1. The molecule has 0 aliphatic heterocycles. The molecule has 6 nitrogen and oxygen atoms in total. The van der Waals surface area contributed by atoms with E-state index >= 15 is 0 Å². The van der Waals surface area contributed by atoms with Crippen LogP contribution in [0.1, 0.15) is 19.2 Å². The number of nitrogens with zero attached hydrogens (tertiary/aromatic N) is 2. The Labute approximate surface area is 154 Å². The molecule has 23 heavy (non-hydrogen) atoms. The highest BCUT2D eigenvalue weighted by atomic mass is 127. The molecular formula is C16H24IN5O. The van der Waals surface area contributed by atoms with E-state index in [9.17, 15) is 0 Å². The van der Waals surface area contributed by atoms with Crippen molar-refractivity contribution in [1.29, 1.82) is 0 Å². The number of guanidine groups is 1. The van der Waals surface area contributed by atoms with Gasteiger partial charge in [0, 0.05) is 19.8 Å². The minimum absolute atomic E-state index is 0. The number of aromatic amines is 1. The number of hydrogen-bond acceptors (Lipinski definition) is 3. The third kappa shape index (κ3) is 7.00. The molecule has 2 rings (SSSR count). The largest absolute Gasteiger partial charge is 0.382 e. The predicted molar refractivity (Wildman–Crippen MR) is 104 cm³/mol. The molecule has 7 heteroatoms. The fourth-order valence-electron chi connectivity index (χ4n) is 1.96. The van der Waals surface area contributed by atoms with Crippen molar-refractivity contribution in [2.45, 2.75) is 19.9 Å². The van der Waals surface area contributed by atoms with Crippen LogP contribution in [0.15, 0.2) is 41.5 Å². The monoisotopic (exact) mass is 429 g/mol. The molecule has 0 saturated heterocycles. The molecule has 0 aliphatic rings. The van der Waals surface area contributed by atoms with Gasteiger partial charge in [-0.15, -0.1) is 24.0 Å². The quantitative estimate of drug-likeness (QED) is 0.261. The number of nitrogens with two attached hydrogens (primary N) is 1. The summed E-state index contributed by atoms with van der Waals surface area (Å²) in [5.74, 6) is 1.21. The van der Waals surface area contributed by atoms with Crippen LogP contribution in [0.4, 0.5) is 0 Å². The fourth-order valence-corrected chi connectivity index (χ4v) is 1.96. The number of aliphatic imine (C=N–C) groups is 1. The van der Waals surface area contributed by atoms with E-state index in [-0.39, 0.29) is 24.0 Å². The number of hydrogen-bond donors (Lipinski definition) is 3. The van der Waals surface area contributed by atoms with Gasteiger partial charge in [0.15, 0.2) is 5.96 Å². The molecule has 1 heterocycles. The van der Waals surface area contributed by atoms with Crippen LogP contribution >= 0.6 is 24.0 Å². The van der Waals surface area contributed by atoms with Crippen LogP contribution in [0.25, 0.3) is 11.3 Å². The summed E-state index contributed by atoms with van der Waals surface area (Å²) in [4.78, 5) is 11.8. The second kappa shape index (κ2) is 11.0. The van der Waals surface area contributed by atoms with Crippen LogP contribution in [0.3, 0.4) is 0 Å². The zero-order chi connectivity index (χ0) is 15.6. The van der Waals surface area contributed by atoms with Crippen molar-refractivity contribution in [2.75, 3.05) is 19.8 Å². The van der Waals surface area contributed by atoms with Gasteiger partial charge in [0.05, 0.1) is 11.9 Å². The third-order valence-corrected chi connectivity index (χ3v) is 3.09. The Morgan fingerprint density at radius 2 is 2.13 bits per heavy atom. The maximum absolute atomic E-state index is 5.81. The van der Waals surface area contributed by atoms with Crippen molar-refractivity contribution in [3.05, 3.63) is 42.4 Å². The lowest BCUT2D eigenvalue weighted by molar-refractivity contribution is 0.145. The van der Waals surface area contributed by atoms with E-state index in [4.69, 9.17) is 10.5 Å². The predicted octanol–water partition coefficient (Wildman–Crippen LogP) is 2.53. The van der Waals surface area contributed by atoms with Gasteiger partial charge in [0.25, 0.3) is 0 Å². The average molecular weight is 429 g/mol. The number of H-pyrrole nitrogens is 1. The van der Waals surface area contributed by atoms with Crippen molar-refractivity contribution < 1.29 is 4.74 Å². The van der Waals surface area contributed by atoms with Crippen molar-refractivity contribution >= 4 is 29.9 Å². The van der Waals surface area contributed by atoms with E-state index in [2.05, 4.69) is 20.3 Å². The van der Waals surface area contributed by atoms with Gasteiger partial charge in [-0.1, -0.05) is 30.3 Å². The summed E-state index contributed by atoms with van der Waals surface area (Å²) in [5.41, 5.74) is 7.90. The summed E-state index contributed by atoms with van der Waals surface area (Å²) in [5, 5.41) is 3.06. The number of ether oxygens (including phenoxy) is 1. The minimum Gasteiger partial charge on any atom is -0.382 e. The minimum atomic E-state index is 0. The summed E-state index contributed by atoms with van der Waals surface area (Å²) in [6, 6.07) is 10.1. The summed E-state index contributed by atoms with van der Waals surface area (Å²) in [6.45, 7) is 4.64. The first-order valence-corrected chi connectivity index (χ1v) is 7.50. The standard InChI is InChI=1S/C16H23N5O.HI/c1-2-22-10-6-9-18-16(17)20-12-15-19-11-14(21-15)13-7-4-3-5-8-13;/h3-5,7-8,11H,2,6,9-10,12H2,1H3,(H,19,21)(H3,17,18,20);1H. The maximum Gasteiger partial charge on any atom is 0.189 e. The molecule has 0 amide bonds. The molecule has 0 saturated carbocycles. The lowest BCUT2D eigenvalue weighted by Crippen LogP contribution is -2.32. The Morgan fingerprint density at radius 1 is 1.35 bits per heavy atom. The Morgan fingerprint density at radius 3 is 2.87 bits per heavy atom. The first-order valence-electron chi connectivity index (χ1n) is 7.50. The van der Waals surface area contributed by atoms with Gasteiger partial charge in [-0.3, -0.25) is 0 Å². The SMILES string of the molecule is CCOCCCNC(N)=NCc1ncc(-c2ccccc2)[nH]1.I. The number of imidazole rings is 1. The normalized spacial score (nSPS) is 11.1. The van der Waals surface area contributed by atoms with E-state index in [1.165, 1.54) is 0 Å². The highest BCUT2D eigenvalue weighted by Gasteiger charge is 2.02. The molecule has 1 aromatic carbocycles. The second-order valence-corrected chi connectivity index (χ2v) is 4.79. The van der Waals surface area contributed by atoms with Crippen molar-refractivity contribution in [1.82, 2.24) is 15.3 Å². The topological polar surface area (TPSA) is 88.3 Å². The van der Waals surface area contributed by atoms with Crippen LogP contribution in [0.5, 0.6) is 0 Å². The highest BCUT2D eigenvalue weighted by molar-refractivity contribution is 14.0. The summed E-state index contributed by atoms with van der Waals surface area (Å²) in [6.07, 6.45) is 2.72. The zero-order valence-electron chi connectivity index (χ0n) is 13.3. The molecule has 0 spiro atoms. The van der Waals surface area contributed by atoms with Gasteiger partial charge in [-0.2, -0.15) is 0 Å². The smallest absolute Gasteiger partial charge is 0.189 e. The molecule has 0 fully saturated rings. The maximum atomic E-state index is 5.81. The molecular weight excluding hydrogens is 405 g/mol. The van der Waals surface area contributed by atoms with Crippen LogP contribution < -0.4 is 11.1 Å². The van der Waals surface area contributed by atoms with Crippen LogP contribution in [0, 0.1) is 0 Å². The number of nitrogens with one attached hydrogen (secondary N) is 2. The summed E-state index contributed by atoms with van der Waals surface area (Å²) >= 11 is 0. The molecule has 2 aromatic rings. The average Bonchev–Trinajstić information content (AvgIpc) is 3.02. The third-order valence-electron chi connectivity index (χ3n) is 3.09. The first-order chi connectivity index (χ1) is 10.8. The van der Waals surface area contributed by atoms with Crippen molar-refractivity contribution in [3.8, 4) is 11.3 Å². The van der Waals surface area contributed by atoms with E-state index in [1.807, 2.05) is 43.5 Å². The van der Waals surface area contributed by atoms with Crippen LogP contribution in [-0.4, -0.2) is 35.7 Å². The number of halogens is 1. The van der Waals surface area contributed by atoms with Crippen LogP contribution in [0.2, 0.25) is 0 Å². The molecule has 0 radical (unpaired) electrons. The highest BCUT2D eigenvalue weighted by Crippen LogP contribution is 2.16. The van der Waals surface area contributed by atoms with Gasteiger partial charge >= 0.3 is 0 Å². The van der Waals surface area contributed by atoms with E-state index in [1.54, 1.807) is 0 Å². The zero-order valence-corrected chi connectivity index (χ0v) is 15.6. The van der Waals surface area contributed by atoms with Gasteiger partial charge in [0.2, 0.25) is 0 Å². The molecule has 126 valence electrons. The molecule has 0 bridgehead atoms. The van der Waals surface area contributed by atoms with Gasteiger partial charge in [0.1, 0.15) is 12.4 Å². The Bertz CT molecular complexity index is 585. The summed E-state index contributed by atoms with van der Waals surface area (Å²) < 4.78 is 5.25. The molecule has 4 N–H and O–H groups in total. The van der Waals surface area contributed by atoms with Crippen LogP contribution in [-0.2, 0) is 11.3 Å². The molecule has 0 atom stereocenters. The molecule has 0 unspecified atom stereocenters. The molecule has 0 aliphatic carbocycles. The van der Waals surface area contributed by atoms with Crippen molar-refractivity contribution in [2.24, 2.45) is 10.7 Å². The molecule has 1 aromatic heterocycles. The lowest BCUT2D eigenvalue weighted by atomic mass is 10.2. The van der Waals surface area contributed by atoms with E-state index in [0.717, 1.165) is 43.3 Å². The summed E-state index contributed by atoms with van der Waals surface area (Å²) in [7, 11) is 0. The van der Waals surface area contributed by atoms with E-state index < -0.39 is 0 Å². The second-order valence-electron chi connectivity index (χ2n) is 4.79. The van der Waals surface area contributed by atoms with Gasteiger partial charge in [-0.05, 0) is 18.9 Å². The lowest BCUT2D eigenvalue weighted by Gasteiger charge is -2.05. The van der Waals surface area contributed by atoms with Gasteiger partial charge in [-0.25, -0.2) is 9.98 Å². The Balaban J connectivity index is 0.00000264. The number of rotatable bonds is 8. The Hall–Kier alpha value is -1.61. The number of aromatic nitrogens is 2.